The van der Waals surface area contributed by atoms with Gasteiger partial charge in [0.2, 0.25) is 5.88 Å². The van der Waals surface area contributed by atoms with Crippen molar-refractivity contribution in [2.75, 3.05) is 0 Å². The van der Waals surface area contributed by atoms with Crippen LogP contribution in [0.25, 0.3) is 0 Å². The van der Waals surface area contributed by atoms with Gasteiger partial charge in [-0.1, -0.05) is 12.1 Å². The Hall–Kier alpha value is -2.38. The molecule has 0 radical (unpaired) electrons. The van der Waals surface area contributed by atoms with E-state index >= 15 is 0 Å². The molecule has 1 aromatic heterocycles. The normalized spacial score (nSPS) is 11.6. The average Bonchev–Trinajstić information content (AvgIpc) is 2.40. The lowest BCUT2D eigenvalue weighted by Gasteiger charge is -2.08. The summed E-state index contributed by atoms with van der Waals surface area (Å²) in [4.78, 5) is 4.03. The number of nitrogens with two attached hydrogens (primary N) is 1. The van der Waals surface area contributed by atoms with Crippen LogP contribution in [0, 0.1) is 11.3 Å². The third-order valence-corrected chi connectivity index (χ3v) is 2.51. The van der Waals surface area contributed by atoms with Crippen molar-refractivity contribution < 1.29 is 4.74 Å². The van der Waals surface area contributed by atoms with E-state index in [1.807, 2.05) is 37.3 Å². The molecule has 1 aromatic carbocycles. The minimum Gasteiger partial charge on any atom is -0.438 e. The fraction of sp³-hybridized carbons (Fsp3) is 0.143. The van der Waals surface area contributed by atoms with Crippen molar-refractivity contribution in [3.05, 3.63) is 53.7 Å². The summed E-state index contributed by atoms with van der Waals surface area (Å²) in [6.45, 7) is 1.92. The second kappa shape index (κ2) is 5.30. The van der Waals surface area contributed by atoms with Crippen molar-refractivity contribution in [3.63, 3.8) is 0 Å². The molecule has 0 aliphatic rings. The summed E-state index contributed by atoms with van der Waals surface area (Å²) in [6, 6.07) is 12.8. The summed E-state index contributed by atoms with van der Waals surface area (Å²) in [7, 11) is 0. The maximum Gasteiger partial charge on any atom is 0.237 e. The molecular weight excluding hydrogens is 226 g/mol. The molecule has 0 saturated heterocycles. The maximum absolute atomic E-state index is 8.93. The Bertz CT molecular complexity index is 570. The predicted molar refractivity (Wildman–Crippen MR) is 68.1 cm³/mol. The summed E-state index contributed by atoms with van der Waals surface area (Å²) in [5.74, 6) is 0.947. The van der Waals surface area contributed by atoms with E-state index < -0.39 is 0 Å². The lowest BCUT2D eigenvalue weighted by atomic mass is 10.1. The molecule has 1 heterocycles. The van der Waals surface area contributed by atoms with Gasteiger partial charge in [0.25, 0.3) is 0 Å². The van der Waals surface area contributed by atoms with Gasteiger partial charge in [0.1, 0.15) is 17.4 Å². The first-order chi connectivity index (χ1) is 8.70. The van der Waals surface area contributed by atoms with E-state index in [1.54, 1.807) is 18.3 Å². The van der Waals surface area contributed by atoms with E-state index in [9.17, 15) is 0 Å². The highest BCUT2D eigenvalue weighted by Gasteiger charge is 2.05. The van der Waals surface area contributed by atoms with Crippen LogP contribution < -0.4 is 10.5 Å². The summed E-state index contributed by atoms with van der Waals surface area (Å²) >= 11 is 0. The molecule has 0 spiro atoms. The molecule has 90 valence electrons. The van der Waals surface area contributed by atoms with Gasteiger partial charge in [-0.25, -0.2) is 4.98 Å². The van der Waals surface area contributed by atoms with Crippen LogP contribution in [0.4, 0.5) is 0 Å². The highest BCUT2D eigenvalue weighted by atomic mass is 16.5. The topological polar surface area (TPSA) is 71.9 Å². The van der Waals surface area contributed by atoms with Crippen LogP contribution in [0.3, 0.4) is 0 Å². The maximum atomic E-state index is 8.93. The number of benzene rings is 1. The number of ether oxygens (including phenoxy) is 1. The van der Waals surface area contributed by atoms with Crippen LogP contribution in [0.1, 0.15) is 24.1 Å². The molecular formula is C14H13N3O. The van der Waals surface area contributed by atoms with Crippen molar-refractivity contribution in [2.24, 2.45) is 5.73 Å². The molecule has 0 fully saturated rings. The summed E-state index contributed by atoms with van der Waals surface area (Å²) < 4.78 is 5.56. The molecule has 0 amide bonds. The standard InChI is InChI=1S/C14H13N3O/c1-10(16)11-4-6-13(7-5-11)18-14-12(9-15)3-2-8-17-14/h2-8,10H,16H2,1H3/t10-/m1/s1. The highest BCUT2D eigenvalue weighted by Crippen LogP contribution is 2.23. The van der Waals surface area contributed by atoms with Crippen LogP contribution in [0.15, 0.2) is 42.6 Å². The number of hydrogen-bond acceptors (Lipinski definition) is 4. The number of rotatable bonds is 3. The molecule has 1 atom stereocenters. The van der Waals surface area contributed by atoms with Crippen LogP contribution in [-0.4, -0.2) is 4.98 Å². The van der Waals surface area contributed by atoms with Gasteiger partial charge in [-0.3, -0.25) is 0 Å². The molecule has 4 nitrogen and oxygen atoms in total. The minimum absolute atomic E-state index is 0.0106. The molecule has 2 aromatic rings. The SMILES string of the molecule is C[C@@H](N)c1ccc(Oc2ncccc2C#N)cc1. The van der Waals surface area contributed by atoms with E-state index in [0.717, 1.165) is 5.56 Å². The Labute approximate surface area is 106 Å². The first kappa shape index (κ1) is 12.1. The summed E-state index contributed by atoms with van der Waals surface area (Å²) in [5, 5.41) is 8.93. The molecule has 0 aliphatic heterocycles. The van der Waals surface area contributed by atoms with Crippen molar-refractivity contribution in [1.29, 1.82) is 5.26 Å². The zero-order valence-corrected chi connectivity index (χ0v) is 10.00. The molecule has 0 bridgehead atoms. The first-order valence-corrected chi connectivity index (χ1v) is 5.59. The second-order valence-electron chi connectivity index (χ2n) is 3.93. The van der Waals surface area contributed by atoms with E-state index in [0.29, 0.717) is 17.2 Å². The van der Waals surface area contributed by atoms with E-state index in [1.165, 1.54) is 0 Å². The van der Waals surface area contributed by atoms with Gasteiger partial charge in [0, 0.05) is 12.2 Å². The summed E-state index contributed by atoms with van der Waals surface area (Å²) in [6.07, 6.45) is 1.59. The average molecular weight is 239 g/mol. The van der Waals surface area contributed by atoms with E-state index in [4.69, 9.17) is 15.7 Å². The number of nitrogens with zero attached hydrogens (tertiary/aromatic N) is 2. The first-order valence-electron chi connectivity index (χ1n) is 5.59. The van der Waals surface area contributed by atoms with E-state index in [2.05, 4.69) is 4.98 Å². The van der Waals surface area contributed by atoms with Gasteiger partial charge in [-0.05, 0) is 36.8 Å². The van der Waals surface area contributed by atoms with E-state index in [-0.39, 0.29) is 6.04 Å². The Kier molecular flexibility index (Phi) is 3.56. The van der Waals surface area contributed by atoms with Crippen molar-refractivity contribution >= 4 is 0 Å². The number of pyridine rings is 1. The fourth-order valence-corrected chi connectivity index (χ4v) is 1.51. The van der Waals surface area contributed by atoms with Gasteiger partial charge in [-0.2, -0.15) is 5.26 Å². The smallest absolute Gasteiger partial charge is 0.237 e. The molecule has 0 unspecified atom stereocenters. The molecule has 2 rings (SSSR count). The molecule has 0 aliphatic carbocycles. The number of nitriles is 1. The van der Waals surface area contributed by atoms with Gasteiger partial charge >= 0.3 is 0 Å². The third-order valence-electron chi connectivity index (χ3n) is 2.51. The summed E-state index contributed by atoms with van der Waals surface area (Å²) in [5.41, 5.74) is 7.21. The fourth-order valence-electron chi connectivity index (χ4n) is 1.51. The van der Waals surface area contributed by atoms with Crippen LogP contribution >= 0.6 is 0 Å². The second-order valence-corrected chi connectivity index (χ2v) is 3.93. The number of aromatic nitrogens is 1. The van der Waals surface area contributed by atoms with Crippen molar-refractivity contribution in [2.45, 2.75) is 13.0 Å². The quantitative estimate of drug-likeness (QED) is 0.893. The molecule has 18 heavy (non-hydrogen) atoms. The zero-order valence-electron chi connectivity index (χ0n) is 10.00. The Morgan fingerprint density at radius 3 is 2.61 bits per heavy atom. The monoisotopic (exact) mass is 239 g/mol. The number of hydrogen-bond donors (Lipinski definition) is 1. The lowest BCUT2D eigenvalue weighted by Crippen LogP contribution is -2.04. The lowest BCUT2D eigenvalue weighted by molar-refractivity contribution is 0.461. The largest absolute Gasteiger partial charge is 0.438 e. The van der Waals surface area contributed by atoms with Crippen LogP contribution in [-0.2, 0) is 0 Å². The minimum atomic E-state index is -0.0106. The van der Waals surface area contributed by atoms with Crippen LogP contribution in [0.5, 0.6) is 11.6 Å². The molecule has 0 saturated carbocycles. The molecule has 2 N–H and O–H groups in total. The van der Waals surface area contributed by atoms with Gasteiger partial charge in [0.05, 0.1) is 0 Å². The molecule has 4 heteroatoms. The van der Waals surface area contributed by atoms with Gasteiger partial charge < -0.3 is 10.5 Å². The Balaban J connectivity index is 2.22. The van der Waals surface area contributed by atoms with Crippen molar-refractivity contribution in [1.82, 2.24) is 4.98 Å². The third kappa shape index (κ3) is 2.65. The van der Waals surface area contributed by atoms with Crippen molar-refractivity contribution in [3.8, 4) is 17.7 Å². The van der Waals surface area contributed by atoms with Gasteiger partial charge in [-0.15, -0.1) is 0 Å². The Morgan fingerprint density at radius 2 is 2.00 bits per heavy atom. The van der Waals surface area contributed by atoms with Crippen LogP contribution in [0.2, 0.25) is 0 Å². The van der Waals surface area contributed by atoms with Gasteiger partial charge in [0.15, 0.2) is 0 Å². The predicted octanol–water partition coefficient (Wildman–Crippen LogP) is 2.77. The Morgan fingerprint density at radius 1 is 1.28 bits per heavy atom. The highest BCUT2D eigenvalue weighted by molar-refractivity contribution is 5.40. The zero-order chi connectivity index (χ0) is 13.0.